The lowest BCUT2D eigenvalue weighted by molar-refractivity contribution is 0.00803. The topological polar surface area (TPSA) is 55.8 Å². The van der Waals surface area contributed by atoms with Gasteiger partial charge in [-0.2, -0.15) is 0 Å². The second kappa shape index (κ2) is 11.3. The molecule has 0 radical (unpaired) electrons. The maximum absolute atomic E-state index is 13.7. The Bertz CT molecular complexity index is 1270. The molecule has 3 heterocycles. The van der Waals surface area contributed by atoms with Gasteiger partial charge in [-0.3, -0.25) is 4.90 Å². The van der Waals surface area contributed by atoms with Gasteiger partial charge >= 0.3 is 6.03 Å². The fraction of sp³-hybridized carbons (Fsp3) is 0.472. The van der Waals surface area contributed by atoms with E-state index in [0.717, 1.165) is 42.7 Å². The fourth-order valence-electron chi connectivity index (χ4n) is 8.53. The van der Waals surface area contributed by atoms with Crippen LogP contribution in [0.1, 0.15) is 92.1 Å². The molecule has 2 N–H and O–H groups in total. The molecule has 0 unspecified atom stereocenters. The molecule has 214 valence electrons. The van der Waals surface area contributed by atoms with E-state index in [9.17, 15) is 9.90 Å². The third kappa shape index (κ3) is 4.87. The minimum absolute atomic E-state index is 0.0207. The number of carbonyl (C=O) groups excluding carboxylic acids is 1. The van der Waals surface area contributed by atoms with Crippen LogP contribution >= 0.6 is 0 Å². The Morgan fingerprint density at radius 1 is 0.756 bits per heavy atom. The Hall–Kier alpha value is -3.15. The maximum atomic E-state index is 13.7. The van der Waals surface area contributed by atoms with Crippen molar-refractivity contribution >= 4 is 6.03 Å². The van der Waals surface area contributed by atoms with Crippen LogP contribution in [0.3, 0.4) is 0 Å². The number of rotatable bonds is 7. The lowest BCUT2D eigenvalue weighted by atomic mass is 9.79. The van der Waals surface area contributed by atoms with E-state index in [2.05, 4.69) is 34.5 Å². The van der Waals surface area contributed by atoms with E-state index in [-0.39, 0.29) is 18.1 Å². The standard InChI is InChI=1S/C36H43N3O2/c40-35(39-24-9-16-34(39)36(41,27-10-3-1-4-11-27)28-12-5-2-6-13-28)37-29-19-17-26(18-20-29)23-25-38-32-21-22-33(38)31-15-8-7-14-30(31)32/h1-8,10-15,26,29,32-34,41H,9,16-25H2,(H,37,40)/t26-,29-,32-,33+,34-/m0/s1. The van der Waals surface area contributed by atoms with Gasteiger partial charge in [-0.15, -0.1) is 0 Å². The van der Waals surface area contributed by atoms with Crippen LogP contribution in [-0.2, 0) is 5.60 Å². The first kappa shape index (κ1) is 26.7. The van der Waals surface area contributed by atoms with Gasteiger partial charge in [-0.05, 0) is 92.5 Å². The van der Waals surface area contributed by atoms with E-state index in [1.165, 1.54) is 38.6 Å². The summed E-state index contributed by atoms with van der Waals surface area (Å²) in [5.41, 5.74) is 3.57. The quantitative estimate of drug-likeness (QED) is 0.336. The zero-order valence-electron chi connectivity index (χ0n) is 24.0. The van der Waals surface area contributed by atoms with Crippen LogP contribution in [0.15, 0.2) is 84.9 Å². The lowest BCUT2D eigenvalue weighted by Crippen LogP contribution is -2.54. The number of fused-ring (bicyclic) bond motifs is 5. The lowest BCUT2D eigenvalue weighted by Gasteiger charge is -2.41. The number of aliphatic hydroxyl groups is 1. The summed E-state index contributed by atoms with van der Waals surface area (Å²) in [6.07, 6.45) is 10.0. The van der Waals surface area contributed by atoms with Gasteiger partial charge in [0.2, 0.25) is 0 Å². The number of hydrogen-bond acceptors (Lipinski definition) is 3. The highest BCUT2D eigenvalue weighted by Gasteiger charge is 2.47. The van der Waals surface area contributed by atoms with Crippen LogP contribution < -0.4 is 5.32 Å². The van der Waals surface area contributed by atoms with Crippen molar-refractivity contribution in [3.8, 4) is 0 Å². The average Bonchev–Trinajstić information content (AvgIpc) is 3.76. The summed E-state index contributed by atoms with van der Waals surface area (Å²) >= 11 is 0. The van der Waals surface area contributed by atoms with Gasteiger partial charge in [0.1, 0.15) is 5.60 Å². The second-order valence-electron chi connectivity index (χ2n) is 12.8. The molecule has 0 spiro atoms. The van der Waals surface area contributed by atoms with Crippen molar-refractivity contribution in [2.45, 2.75) is 87.6 Å². The molecular weight excluding hydrogens is 506 g/mol. The first-order chi connectivity index (χ1) is 20.1. The van der Waals surface area contributed by atoms with Gasteiger partial charge < -0.3 is 15.3 Å². The molecule has 1 aliphatic carbocycles. The van der Waals surface area contributed by atoms with Crippen LogP contribution in [0.5, 0.6) is 0 Å². The van der Waals surface area contributed by atoms with Crippen molar-refractivity contribution in [2.75, 3.05) is 13.1 Å². The largest absolute Gasteiger partial charge is 0.378 e. The highest BCUT2D eigenvalue weighted by atomic mass is 16.3. The van der Waals surface area contributed by atoms with Crippen molar-refractivity contribution in [2.24, 2.45) is 5.92 Å². The van der Waals surface area contributed by atoms with Crippen LogP contribution in [-0.4, -0.2) is 46.1 Å². The van der Waals surface area contributed by atoms with Crippen LogP contribution in [0, 0.1) is 5.92 Å². The van der Waals surface area contributed by atoms with Crippen molar-refractivity contribution in [1.82, 2.24) is 15.1 Å². The van der Waals surface area contributed by atoms with Crippen molar-refractivity contribution < 1.29 is 9.90 Å². The maximum Gasteiger partial charge on any atom is 0.317 e. The summed E-state index contributed by atoms with van der Waals surface area (Å²) in [6.45, 7) is 1.87. The third-order valence-corrected chi connectivity index (χ3v) is 10.6. The molecule has 5 nitrogen and oxygen atoms in total. The first-order valence-corrected chi connectivity index (χ1v) is 15.9. The SMILES string of the molecule is O=C(N[C@H]1CC[C@H](CCN2[C@@H]3CC[C@H]2c2ccccc23)CC1)N1CCC[C@H]1C(O)(c1ccccc1)c1ccccc1. The summed E-state index contributed by atoms with van der Waals surface area (Å²) in [4.78, 5) is 18.4. The number of amides is 2. The Morgan fingerprint density at radius 2 is 1.32 bits per heavy atom. The monoisotopic (exact) mass is 549 g/mol. The summed E-state index contributed by atoms with van der Waals surface area (Å²) in [7, 11) is 0. The second-order valence-corrected chi connectivity index (χ2v) is 12.8. The summed E-state index contributed by atoms with van der Waals surface area (Å²) < 4.78 is 0. The van der Waals surface area contributed by atoms with Gasteiger partial charge in [0.05, 0.1) is 6.04 Å². The van der Waals surface area contributed by atoms with Crippen molar-refractivity contribution in [1.29, 1.82) is 0 Å². The first-order valence-electron chi connectivity index (χ1n) is 15.9. The molecule has 3 aliphatic heterocycles. The van der Waals surface area contributed by atoms with Gasteiger partial charge in [0.15, 0.2) is 0 Å². The molecule has 4 aliphatic rings. The fourth-order valence-corrected chi connectivity index (χ4v) is 8.53. The van der Waals surface area contributed by atoms with Crippen LogP contribution in [0.2, 0.25) is 0 Å². The molecule has 0 aromatic heterocycles. The zero-order valence-corrected chi connectivity index (χ0v) is 24.0. The molecule has 2 bridgehead atoms. The average molecular weight is 550 g/mol. The minimum atomic E-state index is -1.25. The van der Waals surface area contributed by atoms with Gasteiger partial charge in [0.25, 0.3) is 0 Å². The van der Waals surface area contributed by atoms with E-state index in [4.69, 9.17) is 0 Å². The third-order valence-electron chi connectivity index (χ3n) is 10.6. The number of nitrogens with zero attached hydrogens (tertiary/aromatic N) is 2. The Labute approximate surface area is 244 Å². The molecule has 1 saturated carbocycles. The number of urea groups is 1. The molecular formula is C36H43N3O2. The normalized spacial score (nSPS) is 27.6. The molecule has 2 saturated heterocycles. The Morgan fingerprint density at radius 3 is 1.90 bits per heavy atom. The van der Waals surface area contributed by atoms with E-state index in [1.807, 2.05) is 65.6 Å². The highest BCUT2D eigenvalue weighted by Crippen LogP contribution is 2.53. The van der Waals surface area contributed by atoms with Crippen LogP contribution in [0.4, 0.5) is 4.79 Å². The molecule has 41 heavy (non-hydrogen) atoms. The number of hydrogen-bond donors (Lipinski definition) is 2. The number of nitrogens with one attached hydrogen (secondary N) is 1. The molecule has 2 amide bonds. The van der Waals surface area contributed by atoms with Crippen molar-refractivity contribution in [3.05, 3.63) is 107 Å². The summed E-state index contributed by atoms with van der Waals surface area (Å²) in [5, 5.41) is 15.7. The Balaban J connectivity index is 0.961. The summed E-state index contributed by atoms with van der Waals surface area (Å²) in [5.74, 6) is 0.743. The minimum Gasteiger partial charge on any atom is -0.378 e. The number of carbonyl (C=O) groups is 1. The zero-order chi connectivity index (χ0) is 27.8. The van der Waals surface area contributed by atoms with Gasteiger partial charge in [0, 0.05) is 24.7 Å². The van der Waals surface area contributed by atoms with Crippen LogP contribution in [0.25, 0.3) is 0 Å². The molecule has 3 aromatic rings. The smallest absolute Gasteiger partial charge is 0.317 e. The summed E-state index contributed by atoms with van der Waals surface area (Å²) in [6, 6.07) is 30.0. The molecule has 7 rings (SSSR count). The molecule has 3 fully saturated rings. The molecule has 3 atom stereocenters. The van der Waals surface area contributed by atoms with Gasteiger partial charge in [-0.1, -0.05) is 84.9 Å². The highest BCUT2D eigenvalue weighted by molar-refractivity contribution is 5.75. The number of likely N-dealkylation sites (tertiary alicyclic amines) is 1. The number of benzene rings is 3. The van der Waals surface area contributed by atoms with E-state index in [0.29, 0.717) is 18.6 Å². The predicted molar refractivity (Wildman–Crippen MR) is 162 cm³/mol. The van der Waals surface area contributed by atoms with Crippen molar-refractivity contribution in [3.63, 3.8) is 0 Å². The molecule has 5 heteroatoms. The van der Waals surface area contributed by atoms with E-state index >= 15 is 0 Å². The Kier molecular flexibility index (Phi) is 7.34. The van der Waals surface area contributed by atoms with E-state index in [1.54, 1.807) is 11.1 Å². The predicted octanol–water partition coefficient (Wildman–Crippen LogP) is 6.94. The van der Waals surface area contributed by atoms with Gasteiger partial charge in [-0.25, -0.2) is 4.79 Å². The molecule has 3 aromatic carbocycles. The van der Waals surface area contributed by atoms with E-state index < -0.39 is 5.60 Å².